The Bertz CT molecular complexity index is 1150. The standard InChI is InChI=1S/C24H30N4O4/c1-13(2)10-21(29)28-8-6-17(7-9-28)25-23(30)19-12-20(18-11-14(3)31-16(18)5)26-24-22(19)15(4)27-32-24/h11-13,17H,6-10H2,1-5H3,(H,25,30). The molecule has 0 aliphatic carbocycles. The molecule has 170 valence electrons. The third kappa shape index (κ3) is 4.40. The molecule has 1 aliphatic rings. The van der Waals surface area contributed by atoms with Gasteiger partial charge in [0.05, 0.1) is 22.3 Å². The molecule has 0 saturated carbocycles. The Hall–Kier alpha value is -3.16. The lowest BCUT2D eigenvalue weighted by Crippen LogP contribution is -2.46. The molecule has 1 aliphatic heterocycles. The largest absolute Gasteiger partial charge is 0.466 e. The van der Waals surface area contributed by atoms with Gasteiger partial charge in [0.25, 0.3) is 11.6 Å². The van der Waals surface area contributed by atoms with Crippen LogP contribution < -0.4 is 5.32 Å². The van der Waals surface area contributed by atoms with Crippen molar-refractivity contribution in [3.05, 3.63) is 34.9 Å². The number of furan rings is 1. The van der Waals surface area contributed by atoms with Gasteiger partial charge in [-0.05, 0) is 51.7 Å². The van der Waals surface area contributed by atoms with Crippen LogP contribution in [0.4, 0.5) is 0 Å². The van der Waals surface area contributed by atoms with Gasteiger partial charge in [-0.15, -0.1) is 0 Å². The van der Waals surface area contributed by atoms with E-state index in [1.807, 2.05) is 38.7 Å². The van der Waals surface area contributed by atoms with Crippen LogP contribution in [0.25, 0.3) is 22.4 Å². The summed E-state index contributed by atoms with van der Waals surface area (Å²) in [5, 5.41) is 7.78. The number of carbonyl (C=O) groups excluding carboxylic acids is 2. The number of likely N-dealkylation sites (tertiary alicyclic amines) is 1. The highest BCUT2D eigenvalue weighted by atomic mass is 16.5. The van der Waals surface area contributed by atoms with Gasteiger partial charge in [-0.25, -0.2) is 4.98 Å². The van der Waals surface area contributed by atoms with Crippen molar-refractivity contribution in [2.45, 2.75) is 59.9 Å². The highest BCUT2D eigenvalue weighted by Gasteiger charge is 2.26. The number of carbonyl (C=O) groups is 2. The van der Waals surface area contributed by atoms with Gasteiger partial charge in [-0.1, -0.05) is 19.0 Å². The molecule has 0 aromatic carbocycles. The average molecular weight is 439 g/mol. The van der Waals surface area contributed by atoms with Gasteiger partial charge >= 0.3 is 0 Å². The molecule has 0 spiro atoms. The van der Waals surface area contributed by atoms with Crippen LogP contribution >= 0.6 is 0 Å². The zero-order valence-electron chi connectivity index (χ0n) is 19.3. The number of nitrogens with zero attached hydrogens (tertiary/aromatic N) is 3. The Morgan fingerprint density at radius 3 is 2.53 bits per heavy atom. The number of fused-ring (bicyclic) bond motifs is 1. The smallest absolute Gasteiger partial charge is 0.259 e. The summed E-state index contributed by atoms with van der Waals surface area (Å²) in [6.07, 6.45) is 2.03. The minimum Gasteiger partial charge on any atom is -0.466 e. The minimum atomic E-state index is -0.185. The third-order valence-corrected chi connectivity index (χ3v) is 5.94. The number of hydrogen-bond acceptors (Lipinski definition) is 6. The molecule has 0 radical (unpaired) electrons. The molecule has 1 N–H and O–H groups in total. The molecule has 4 heterocycles. The average Bonchev–Trinajstić information content (AvgIpc) is 3.28. The van der Waals surface area contributed by atoms with Gasteiger partial charge in [0.15, 0.2) is 0 Å². The van der Waals surface area contributed by atoms with E-state index in [0.717, 1.165) is 29.9 Å². The lowest BCUT2D eigenvalue weighted by Gasteiger charge is -2.33. The van der Waals surface area contributed by atoms with E-state index in [1.54, 1.807) is 13.0 Å². The van der Waals surface area contributed by atoms with Gasteiger partial charge in [0.1, 0.15) is 11.5 Å². The third-order valence-electron chi connectivity index (χ3n) is 5.94. The molecule has 3 aromatic heterocycles. The second kappa shape index (κ2) is 8.76. The lowest BCUT2D eigenvalue weighted by molar-refractivity contribution is -0.133. The Morgan fingerprint density at radius 2 is 1.91 bits per heavy atom. The van der Waals surface area contributed by atoms with Crippen molar-refractivity contribution < 1.29 is 18.5 Å². The van der Waals surface area contributed by atoms with Gasteiger partial charge in [0, 0.05) is 31.1 Å². The van der Waals surface area contributed by atoms with Crippen LogP contribution in [0.5, 0.6) is 0 Å². The van der Waals surface area contributed by atoms with Gasteiger partial charge in [-0.3, -0.25) is 9.59 Å². The predicted octanol–water partition coefficient (Wildman–Crippen LogP) is 4.17. The molecule has 8 heteroatoms. The maximum atomic E-state index is 13.3. The molecule has 4 rings (SSSR count). The van der Waals surface area contributed by atoms with Gasteiger partial charge in [0.2, 0.25) is 5.91 Å². The maximum Gasteiger partial charge on any atom is 0.259 e. The zero-order valence-corrected chi connectivity index (χ0v) is 19.3. The monoisotopic (exact) mass is 438 g/mol. The Labute approximate surface area is 187 Å². The maximum absolute atomic E-state index is 13.3. The van der Waals surface area contributed by atoms with Crippen LogP contribution in [-0.4, -0.2) is 46.0 Å². The number of aromatic nitrogens is 2. The molecular formula is C24H30N4O4. The van der Waals surface area contributed by atoms with Crippen molar-refractivity contribution in [3.63, 3.8) is 0 Å². The first kappa shape index (κ1) is 22.0. The molecule has 1 saturated heterocycles. The fraction of sp³-hybridized carbons (Fsp3) is 0.500. The fourth-order valence-electron chi connectivity index (χ4n) is 4.31. The molecular weight excluding hydrogens is 408 g/mol. The Morgan fingerprint density at radius 1 is 1.19 bits per heavy atom. The normalized spacial score (nSPS) is 15.0. The van der Waals surface area contributed by atoms with Crippen molar-refractivity contribution in [2.24, 2.45) is 5.92 Å². The molecule has 1 fully saturated rings. The molecule has 32 heavy (non-hydrogen) atoms. The molecule has 0 bridgehead atoms. The van der Waals surface area contributed by atoms with Crippen LogP contribution in [0.2, 0.25) is 0 Å². The van der Waals surface area contributed by atoms with E-state index in [1.165, 1.54) is 0 Å². The van der Waals surface area contributed by atoms with Crippen LogP contribution in [-0.2, 0) is 4.79 Å². The summed E-state index contributed by atoms with van der Waals surface area (Å²) in [6, 6.07) is 3.69. The van der Waals surface area contributed by atoms with E-state index >= 15 is 0 Å². The van der Waals surface area contributed by atoms with Crippen LogP contribution in [0, 0.1) is 26.7 Å². The fourth-order valence-corrected chi connectivity index (χ4v) is 4.31. The topological polar surface area (TPSA) is 101 Å². The summed E-state index contributed by atoms with van der Waals surface area (Å²) >= 11 is 0. The summed E-state index contributed by atoms with van der Waals surface area (Å²) in [7, 11) is 0. The van der Waals surface area contributed by atoms with E-state index < -0.39 is 0 Å². The number of hydrogen-bond donors (Lipinski definition) is 1. The van der Waals surface area contributed by atoms with E-state index in [9.17, 15) is 9.59 Å². The zero-order chi connectivity index (χ0) is 23.0. The van der Waals surface area contributed by atoms with Crippen LogP contribution in [0.1, 0.15) is 60.7 Å². The van der Waals surface area contributed by atoms with E-state index in [0.29, 0.717) is 53.5 Å². The summed E-state index contributed by atoms with van der Waals surface area (Å²) in [6.45, 7) is 11.0. The Balaban J connectivity index is 1.54. The number of pyridine rings is 1. The van der Waals surface area contributed by atoms with Crippen LogP contribution in [0.3, 0.4) is 0 Å². The number of amides is 2. The number of nitrogens with one attached hydrogen (secondary N) is 1. The quantitative estimate of drug-likeness (QED) is 0.641. The number of piperidine rings is 1. The van der Waals surface area contributed by atoms with Crippen molar-refractivity contribution in [1.82, 2.24) is 20.4 Å². The molecule has 0 atom stereocenters. The van der Waals surface area contributed by atoms with Crippen molar-refractivity contribution in [2.75, 3.05) is 13.1 Å². The summed E-state index contributed by atoms with van der Waals surface area (Å²) < 4.78 is 11.0. The van der Waals surface area contributed by atoms with E-state index in [-0.39, 0.29) is 17.9 Å². The van der Waals surface area contributed by atoms with Crippen molar-refractivity contribution in [3.8, 4) is 11.3 Å². The minimum absolute atomic E-state index is 0.00957. The Kier molecular flexibility index (Phi) is 6.04. The first-order valence-corrected chi connectivity index (χ1v) is 11.2. The second-order valence-electron chi connectivity index (χ2n) is 9.06. The molecule has 2 amide bonds. The molecule has 0 unspecified atom stereocenters. The summed E-state index contributed by atoms with van der Waals surface area (Å²) in [5.74, 6) is 1.86. The second-order valence-corrected chi connectivity index (χ2v) is 9.06. The first-order chi connectivity index (χ1) is 15.2. The number of rotatable bonds is 5. The van der Waals surface area contributed by atoms with E-state index in [2.05, 4.69) is 15.5 Å². The molecule has 8 nitrogen and oxygen atoms in total. The highest BCUT2D eigenvalue weighted by molar-refractivity contribution is 6.07. The predicted molar refractivity (Wildman–Crippen MR) is 120 cm³/mol. The van der Waals surface area contributed by atoms with Gasteiger partial charge in [-0.2, -0.15) is 0 Å². The van der Waals surface area contributed by atoms with Gasteiger partial charge < -0.3 is 19.2 Å². The first-order valence-electron chi connectivity index (χ1n) is 11.2. The van der Waals surface area contributed by atoms with Crippen molar-refractivity contribution >= 4 is 22.9 Å². The van der Waals surface area contributed by atoms with Crippen LogP contribution in [0.15, 0.2) is 21.1 Å². The van der Waals surface area contributed by atoms with E-state index in [4.69, 9.17) is 8.94 Å². The lowest BCUT2D eigenvalue weighted by atomic mass is 10.0. The highest BCUT2D eigenvalue weighted by Crippen LogP contribution is 2.30. The summed E-state index contributed by atoms with van der Waals surface area (Å²) in [5.41, 5.74) is 2.88. The number of aryl methyl sites for hydroxylation is 3. The van der Waals surface area contributed by atoms with Crippen molar-refractivity contribution in [1.29, 1.82) is 0 Å². The summed E-state index contributed by atoms with van der Waals surface area (Å²) in [4.78, 5) is 32.1. The molecule has 3 aromatic rings. The SMILES string of the molecule is Cc1cc(-c2cc(C(=O)NC3CCN(C(=O)CC(C)C)CC3)c3c(C)noc3n2)c(C)o1.